The minimum Gasteiger partial charge on any atom is -0.393 e. The Labute approximate surface area is 187 Å². The van der Waals surface area contributed by atoms with Gasteiger partial charge in [0.2, 0.25) is 0 Å². The molecule has 4 aliphatic carbocycles. The fraction of sp³-hybridized carbons (Fsp3) is 0.607. The largest absolute Gasteiger partial charge is 0.393 e. The summed E-state index contributed by atoms with van der Waals surface area (Å²) in [5.41, 5.74) is 7.11. The fourth-order valence-corrected chi connectivity index (χ4v) is 7.44. The summed E-state index contributed by atoms with van der Waals surface area (Å²) in [6.07, 6.45) is 8.61. The van der Waals surface area contributed by atoms with Gasteiger partial charge in [0.05, 0.1) is 6.10 Å². The van der Waals surface area contributed by atoms with Crippen LogP contribution in [0.5, 0.6) is 0 Å². The van der Waals surface area contributed by atoms with Gasteiger partial charge in [-0.05, 0) is 105 Å². The van der Waals surface area contributed by atoms with Crippen molar-refractivity contribution in [1.82, 2.24) is 0 Å². The Balaban J connectivity index is 1.60. The van der Waals surface area contributed by atoms with Crippen LogP contribution in [-0.2, 0) is 4.79 Å². The molecule has 1 aromatic rings. The van der Waals surface area contributed by atoms with E-state index in [9.17, 15) is 9.90 Å². The first-order chi connectivity index (χ1) is 15.0. The Kier molecular flexibility index (Phi) is 5.37. The summed E-state index contributed by atoms with van der Waals surface area (Å²) in [4.78, 5) is 14.5. The highest BCUT2D eigenvalue weighted by molar-refractivity contribution is 5.93. The van der Waals surface area contributed by atoms with E-state index >= 15 is 0 Å². The van der Waals surface area contributed by atoms with Crippen LogP contribution in [0.25, 0.3) is 0 Å². The maximum Gasteiger partial charge on any atom is 0.156 e. The standard InChI is InChI=1S/C28H37NO2/c1-4-29(5-2)20-9-6-18(7-10-20)24-17-28(3)25(14-15-26(28)31)23-12-8-19-16-21(30)11-13-22(19)27(23)24/h6-7,9-10,16,23-26,31H,4-5,8,11-15,17H2,1-3H3/t23-,24+,25-,26?,28-/m0/s1. The molecule has 3 nitrogen and oxygen atoms in total. The summed E-state index contributed by atoms with van der Waals surface area (Å²) in [5, 5.41) is 11.0. The van der Waals surface area contributed by atoms with Gasteiger partial charge >= 0.3 is 0 Å². The average molecular weight is 420 g/mol. The summed E-state index contributed by atoms with van der Waals surface area (Å²) in [6.45, 7) is 8.80. The highest BCUT2D eigenvalue weighted by Crippen LogP contribution is 2.63. The smallest absolute Gasteiger partial charge is 0.156 e. The van der Waals surface area contributed by atoms with Crippen molar-refractivity contribution < 1.29 is 9.90 Å². The van der Waals surface area contributed by atoms with Crippen molar-refractivity contribution >= 4 is 11.5 Å². The third kappa shape index (κ3) is 3.31. The maximum absolute atomic E-state index is 12.1. The minimum atomic E-state index is -0.189. The Bertz CT molecular complexity index is 923. The third-order valence-electron chi connectivity index (χ3n) is 9.11. The topological polar surface area (TPSA) is 40.5 Å². The maximum atomic E-state index is 12.1. The Morgan fingerprint density at radius 3 is 2.48 bits per heavy atom. The normalized spacial score (nSPS) is 34.7. The quantitative estimate of drug-likeness (QED) is 0.671. The molecule has 31 heavy (non-hydrogen) atoms. The molecule has 0 aromatic heterocycles. The van der Waals surface area contributed by atoms with Gasteiger partial charge in [0, 0.05) is 31.1 Å². The van der Waals surface area contributed by atoms with Crippen molar-refractivity contribution in [2.75, 3.05) is 18.0 Å². The van der Waals surface area contributed by atoms with E-state index in [-0.39, 0.29) is 11.5 Å². The molecule has 166 valence electrons. The van der Waals surface area contributed by atoms with Gasteiger partial charge < -0.3 is 10.0 Å². The number of benzene rings is 1. The molecule has 2 saturated carbocycles. The van der Waals surface area contributed by atoms with Gasteiger partial charge in [-0.25, -0.2) is 0 Å². The lowest BCUT2D eigenvalue weighted by Crippen LogP contribution is -2.45. The number of ketones is 1. The lowest BCUT2D eigenvalue weighted by atomic mass is 9.53. The fourth-order valence-electron chi connectivity index (χ4n) is 7.44. The molecule has 0 aliphatic heterocycles. The number of aliphatic hydroxyl groups excluding tert-OH is 1. The van der Waals surface area contributed by atoms with Crippen LogP contribution in [0.1, 0.15) is 77.2 Å². The molecular formula is C28H37NO2. The van der Waals surface area contributed by atoms with Gasteiger partial charge in [0.15, 0.2) is 5.78 Å². The Morgan fingerprint density at radius 2 is 1.77 bits per heavy atom. The summed E-state index contributed by atoms with van der Waals surface area (Å²) >= 11 is 0. The second kappa shape index (κ2) is 7.92. The molecule has 1 aromatic carbocycles. The van der Waals surface area contributed by atoms with Crippen molar-refractivity contribution in [1.29, 1.82) is 0 Å². The van der Waals surface area contributed by atoms with Crippen LogP contribution in [0.3, 0.4) is 0 Å². The SMILES string of the molecule is CCN(CC)c1ccc([C@H]2C[C@]3(C)C(O)CC[C@H]3[C@@H]3CCC4=CC(=O)CCC4=C32)cc1. The van der Waals surface area contributed by atoms with E-state index in [1.54, 1.807) is 5.57 Å². The molecule has 0 bridgehead atoms. The van der Waals surface area contributed by atoms with Crippen molar-refractivity contribution in [2.24, 2.45) is 17.3 Å². The van der Waals surface area contributed by atoms with Gasteiger partial charge in [-0.15, -0.1) is 0 Å². The highest BCUT2D eigenvalue weighted by atomic mass is 16.3. The predicted molar refractivity (Wildman–Crippen MR) is 126 cm³/mol. The first-order valence-electron chi connectivity index (χ1n) is 12.5. The number of allylic oxidation sites excluding steroid dienone is 4. The predicted octanol–water partition coefficient (Wildman–Crippen LogP) is 5.79. The van der Waals surface area contributed by atoms with Gasteiger partial charge in [-0.2, -0.15) is 0 Å². The monoisotopic (exact) mass is 419 g/mol. The number of carbonyl (C=O) groups is 1. The summed E-state index contributed by atoms with van der Waals surface area (Å²) in [5.74, 6) is 1.80. The van der Waals surface area contributed by atoms with Gasteiger partial charge in [-0.1, -0.05) is 24.6 Å². The lowest BCUT2D eigenvalue weighted by Gasteiger charge is -2.52. The summed E-state index contributed by atoms with van der Waals surface area (Å²) < 4.78 is 0. The van der Waals surface area contributed by atoms with E-state index in [1.807, 2.05) is 6.08 Å². The first-order valence-corrected chi connectivity index (χ1v) is 12.5. The number of rotatable bonds is 4. The van der Waals surface area contributed by atoms with Crippen LogP contribution in [0.4, 0.5) is 5.69 Å². The second-order valence-electron chi connectivity index (χ2n) is 10.4. The molecule has 1 N–H and O–H groups in total. The van der Waals surface area contributed by atoms with Crippen LogP contribution < -0.4 is 4.90 Å². The average Bonchev–Trinajstić information content (AvgIpc) is 3.08. The van der Waals surface area contributed by atoms with Gasteiger partial charge in [0.1, 0.15) is 0 Å². The Hall–Kier alpha value is -1.87. The number of nitrogens with zero attached hydrogens (tertiary/aromatic N) is 1. The molecule has 5 atom stereocenters. The van der Waals surface area contributed by atoms with Crippen LogP contribution in [0, 0.1) is 17.3 Å². The lowest BCUT2D eigenvalue weighted by molar-refractivity contribution is -0.114. The number of carbonyl (C=O) groups excluding carboxylic acids is 1. The first kappa shape index (κ1) is 21.0. The minimum absolute atomic E-state index is 0.00262. The zero-order valence-electron chi connectivity index (χ0n) is 19.4. The van der Waals surface area contributed by atoms with Crippen molar-refractivity contribution in [3.8, 4) is 0 Å². The summed E-state index contributed by atoms with van der Waals surface area (Å²) in [7, 11) is 0. The van der Waals surface area contributed by atoms with E-state index in [4.69, 9.17) is 0 Å². The number of fused-ring (bicyclic) bond motifs is 4. The Morgan fingerprint density at radius 1 is 1.03 bits per heavy atom. The molecule has 0 radical (unpaired) electrons. The zero-order chi connectivity index (χ0) is 21.8. The number of aliphatic hydroxyl groups is 1. The number of anilines is 1. The van der Waals surface area contributed by atoms with Crippen molar-refractivity contribution in [2.45, 2.75) is 77.7 Å². The van der Waals surface area contributed by atoms with Gasteiger partial charge in [-0.3, -0.25) is 4.79 Å². The van der Waals surface area contributed by atoms with E-state index in [2.05, 4.69) is 49.9 Å². The third-order valence-corrected chi connectivity index (χ3v) is 9.11. The molecule has 0 saturated heterocycles. The molecule has 5 rings (SSSR count). The molecule has 0 heterocycles. The van der Waals surface area contributed by atoms with Crippen LogP contribution in [-0.4, -0.2) is 30.1 Å². The number of hydrogen-bond acceptors (Lipinski definition) is 3. The van der Waals surface area contributed by atoms with E-state index in [0.717, 1.165) is 51.6 Å². The van der Waals surface area contributed by atoms with Crippen LogP contribution in [0.15, 0.2) is 47.1 Å². The molecule has 2 fully saturated rings. The molecule has 0 amide bonds. The molecule has 1 unspecified atom stereocenters. The zero-order valence-corrected chi connectivity index (χ0v) is 19.4. The summed E-state index contributed by atoms with van der Waals surface area (Å²) in [6, 6.07) is 9.23. The van der Waals surface area contributed by atoms with E-state index < -0.39 is 0 Å². The molecule has 3 heteroatoms. The van der Waals surface area contributed by atoms with E-state index in [0.29, 0.717) is 30.0 Å². The second-order valence-corrected chi connectivity index (χ2v) is 10.4. The van der Waals surface area contributed by atoms with Gasteiger partial charge in [0.25, 0.3) is 0 Å². The molecule has 0 spiro atoms. The van der Waals surface area contributed by atoms with Crippen molar-refractivity contribution in [3.63, 3.8) is 0 Å². The number of hydrogen-bond donors (Lipinski definition) is 1. The van der Waals surface area contributed by atoms with Crippen molar-refractivity contribution in [3.05, 3.63) is 52.6 Å². The van der Waals surface area contributed by atoms with E-state index in [1.165, 1.54) is 22.4 Å². The molecular weight excluding hydrogens is 382 g/mol. The van der Waals surface area contributed by atoms with Crippen LogP contribution in [0.2, 0.25) is 0 Å². The molecule has 4 aliphatic rings. The highest BCUT2D eigenvalue weighted by Gasteiger charge is 2.56. The van der Waals surface area contributed by atoms with Crippen LogP contribution >= 0.6 is 0 Å².